The Labute approximate surface area is 109 Å². The quantitative estimate of drug-likeness (QED) is 0.655. The molecule has 0 atom stereocenters. The van der Waals surface area contributed by atoms with E-state index in [0.29, 0.717) is 5.56 Å². The van der Waals surface area contributed by atoms with Crippen molar-refractivity contribution >= 4 is 12.1 Å². The molecule has 2 N–H and O–H groups in total. The van der Waals surface area contributed by atoms with Gasteiger partial charge in [0.2, 0.25) is 0 Å². The van der Waals surface area contributed by atoms with Crippen molar-refractivity contribution < 1.29 is 14.3 Å². The number of aromatic hydroxyl groups is 1. The predicted octanol–water partition coefficient (Wildman–Crippen LogP) is 2.30. The van der Waals surface area contributed by atoms with Gasteiger partial charge in [0.15, 0.2) is 0 Å². The van der Waals surface area contributed by atoms with E-state index < -0.39 is 11.7 Å². The molecule has 0 aliphatic rings. The van der Waals surface area contributed by atoms with Gasteiger partial charge >= 0.3 is 0 Å². The molecule has 4 nitrogen and oxygen atoms in total. The van der Waals surface area contributed by atoms with Crippen molar-refractivity contribution in [1.29, 1.82) is 0 Å². The van der Waals surface area contributed by atoms with Gasteiger partial charge in [-0.2, -0.15) is 5.10 Å². The molecular formula is C14H11FN2O2. The largest absolute Gasteiger partial charge is 0.508 e. The van der Waals surface area contributed by atoms with Crippen LogP contribution in [0, 0.1) is 5.82 Å². The third kappa shape index (κ3) is 3.38. The zero-order valence-electron chi connectivity index (χ0n) is 9.88. The molecule has 0 aliphatic carbocycles. The molecule has 2 aromatic rings. The maximum absolute atomic E-state index is 13.2. The molecule has 0 saturated heterocycles. The van der Waals surface area contributed by atoms with E-state index in [-0.39, 0.29) is 11.3 Å². The van der Waals surface area contributed by atoms with Crippen molar-refractivity contribution in [2.45, 2.75) is 0 Å². The van der Waals surface area contributed by atoms with Crippen LogP contribution in [-0.4, -0.2) is 17.2 Å². The summed E-state index contributed by atoms with van der Waals surface area (Å²) < 4.78 is 13.2. The number of carbonyl (C=O) groups excluding carboxylic acids is 1. The molecule has 0 spiro atoms. The Kier molecular flexibility index (Phi) is 3.87. The minimum Gasteiger partial charge on any atom is -0.508 e. The highest BCUT2D eigenvalue weighted by atomic mass is 19.1. The number of halogens is 1. The average molecular weight is 258 g/mol. The second-order valence-electron chi connectivity index (χ2n) is 3.77. The van der Waals surface area contributed by atoms with Crippen molar-refractivity contribution in [1.82, 2.24) is 5.43 Å². The van der Waals surface area contributed by atoms with Gasteiger partial charge in [-0.3, -0.25) is 4.79 Å². The summed E-state index contributed by atoms with van der Waals surface area (Å²) in [5.41, 5.74) is 2.91. The van der Waals surface area contributed by atoms with Gasteiger partial charge < -0.3 is 5.11 Å². The summed E-state index contributed by atoms with van der Waals surface area (Å²) >= 11 is 0. The molecule has 0 heterocycles. The van der Waals surface area contributed by atoms with Gasteiger partial charge in [-0.05, 0) is 30.3 Å². The third-order valence-electron chi connectivity index (χ3n) is 2.40. The van der Waals surface area contributed by atoms with Gasteiger partial charge in [0.1, 0.15) is 11.6 Å². The monoisotopic (exact) mass is 258 g/mol. The van der Waals surface area contributed by atoms with Crippen LogP contribution in [0.5, 0.6) is 5.75 Å². The van der Waals surface area contributed by atoms with Crippen LogP contribution < -0.4 is 5.43 Å². The molecule has 0 fully saturated rings. The molecule has 19 heavy (non-hydrogen) atoms. The van der Waals surface area contributed by atoms with Gasteiger partial charge in [0.25, 0.3) is 5.91 Å². The van der Waals surface area contributed by atoms with Crippen LogP contribution in [-0.2, 0) is 0 Å². The molecule has 2 rings (SSSR count). The van der Waals surface area contributed by atoms with E-state index in [1.807, 2.05) is 0 Å². The average Bonchev–Trinajstić information content (AvgIpc) is 2.41. The highest BCUT2D eigenvalue weighted by molar-refractivity contribution is 5.94. The Morgan fingerprint density at radius 3 is 2.53 bits per heavy atom. The number of carbonyl (C=O) groups is 1. The van der Waals surface area contributed by atoms with E-state index >= 15 is 0 Å². The van der Waals surface area contributed by atoms with E-state index in [0.717, 1.165) is 0 Å². The first-order chi connectivity index (χ1) is 9.16. The van der Waals surface area contributed by atoms with E-state index in [2.05, 4.69) is 10.5 Å². The number of hydrazone groups is 1. The summed E-state index contributed by atoms with van der Waals surface area (Å²) in [7, 11) is 0. The molecular weight excluding hydrogens is 247 g/mol. The lowest BCUT2D eigenvalue weighted by atomic mass is 10.2. The normalized spacial score (nSPS) is 10.6. The minimum atomic E-state index is -0.437. The number of nitrogens with one attached hydrogen (secondary N) is 1. The fraction of sp³-hybridized carbons (Fsp3) is 0. The lowest BCUT2D eigenvalue weighted by Gasteiger charge is -2.00. The Bertz CT molecular complexity index is 609. The minimum absolute atomic E-state index is 0.0754. The number of amides is 1. The van der Waals surface area contributed by atoms with Crippen molar-refractivity contribution in [3.63, 3.8) is 0 Å². The Balaban J connectivity index is 2.01. The van der Waals surface area contributed by atoms with Crippen LogP contribution in [0.25, 0.3) is 0 Å². The standard InChI is InChI=1S/C14H11FN2O2/c15-13-4-2-1-3-11(13)9-16-17-14(19)10-5-7-12(18)8-6-10/h1-9,18H,(H,17,19)/b16-9+. The van der Waals surface area contributed by atoms with Crippen LogP contribution >= 0.6 is 0 Å². The summed E-state index contributed by atoms with van der Waals surface area (Å²) in [4.78, 5) is 11.6. The SMILES string of the molecule is O=C(N/N=C/c1ccccc1F)c1ccc(O)cc1. The Hall–Kier alpha value is -2.69. The van der Waals surface area contributed by atoms with Crippen molar-refractivity contribution in [2.75, 3.05) is 0 Å². The van der Waals surface area contributed by atoms with Crippen LogP contribution in [0.4, 0.5) is 4.39 Å². The van der Waals surface area contributed by atoms with Gasteiger partial charge in [-0.25, -0.2) is 9.82 Å². The predicted molar refractivity (Wildman–Crippen MR) is 69.6 cm³/mol. The zero-order chi connectivity index (χ0) is 13.7. The van der Waals surface area contributed by atoms with Crippen LogP contribution in [0.1, 0.15) is 15.9 Å². The van der Waals surface area contributed by atoms with Gasteiger partial charge in [-0.1, -0.05) is 18.2 Å². The van der Waals surface area contributed by atoms with E-state index in [1.165, 1.54) is 36.5 Å². The topological polar surface area (TPSA) is 61.7 Å². The second-order valence-corrected chi connectivity index (χ2v) is 3.77. The Morgan fingerprint density at radius 1 is 1.16 bits per heavy atom. The van der Waals surface area contributed by atoms with Crippen molar-refractivity contribution in [3.8, 4) is 5.75 Å². The highest BCUT2D eigenvalue weighted by Crippen LogP contribution is 2.09. The molecule has 96 valence electrons. The first kappa shape index (κ1) is 12.8. The fourth-order valence-corrected chi connectivity index (χ4v) is 1.42. The lowest BCUT2D eigenvalue weighted by Crippen LogP contribution is -2.17. The zero-order valence-corrected chi connectivity index (χ0v) is 9.88. The molecule has 0 unspecified atom stereocenters. The number of phenolic OH excluding ortho intramolecular Hbond substituents is 1. The number of nitrogens with zero attached hydrogens (tertiary/aromatic N) is 1. The number of hydrogen-bond acceptors (Lipinski definition) is 3. The maximum Gasteiger partial charge on any atom is 0.271 e. The molecule has 0 saturated carbocycles. The Morgan fingerprint density at radius 2 is 1.84 bits per heavy atom. The van der Waals surface area contributed by atoms with Gasteiger partial charge in [0, 0.05) is 11.1 Å². The van der Waals surface area contributed by atoms with Crippen LogP contribution in [0.2, 0.25) is 0 Å². The first-order valence-corrected chi connectivity index (χ1v) is 5.54. The van der Waals surface area contributed by atoms with Gasteiger partial charge in [0.05, 0.1) is 6.21 Å². The number of phenols is 1. The number of benzene rings is 2. The lowest BCUT2D eigenvalue weighted by molar-refractivity contribution is 0.0955. The molecule has 0 bridgehead atoms. The summed E-state index contributed by atoms with van der Waals surface area (Å²) in [6.07, 6.45) is 1.23. The summed E-state index contributed by atoms with van der Waals surface area (Å²) in [5, 5.41) is 12.8. The first-order valence-electron chi connectivity index (χ1n) is 5.54. The summed E-state index contributed by atoms with van der Waals surface area (Å²) in [5.74, 6) is -0.774. The van der Waals surface area contributed by atoms with Crippen LogP contribution in [0.3, 0.4) is 0 Å². The summed E-state index contributed by atoms with van der Waals surface area (Å²) in [6.45, 7) is 0. The fourth-order valence-electron chi connectivity index (χ4n) is 1.42. The van der Waals surface area contributed by atoms with E-state index in [9.17, 15) is 9.18 Å². The molecule has 0 aliphatic heterocycles. The molecule has 5 heteroatoms. The number of hydrogen-bond donors (Lipinski definition) is 2. The highest BCUT2D eigenvalue weighted by Gasteiger charge is 2.03. The van der Waals surface area contributed by atoms with E-state index in [1.54, 1.807) is 18.2 Å². The molecule has 2 aromatic carbocycles. The van der Waals surface area contributed by atoms with Crippen molar-refractivity contribution in [3.05, 3.63) is 65.5 Å². The van der Waals surface area contributed by atoms with Gasteiger partial charge in [-0.15, -0.1) is 0 Å². The number of rotatable bonds is 3. The van der Waals surface area contributed by atoms with Crippen LogP contribution in [0.15, 0.2) is 53.6 Å². The molecule has 1 amide bonds. The third-order valence-corrected chi connectivity index (χ3v) is 2.40. The smallest absolute Gasteiger partial charge is 0.271 e. The molecule has 0 aromatic heterocycles. The molecule has 0 radical (unpaired) electrons. The maximum atomic E-state index is 13.2. The van der Waals surface area contributed by atoms with E-state index in [4.69, 9.17) is 5.11 Å². The summed E-state index contributed by atoms with van der Waals surface area (Å²) in [6, 6.07) is 11.8. The second kappa shape index (κ2) is 5.77. The van der Waals surface area contributed by atoms with Crippen molar-refractivity contribution in [2.24, 2.45) is 5.10 Å².